The van der Waals surface area contributed by atoms with E-state index in [2.05, 4.69) is 10.6 Å². The molecule has 130 valence electrons. The van der Waals surface area contributed by atoms with Crippen LogP contribution in [0, 0.1) is 5.92 Å². The second-order valence-corrected chi connectivity index (χ2v) is 7.09. The van der Waals surface area contributed by atoms with E-state index < -0.39 is 0 Å². The predicted molar refractivity (Wildman–Crippen MR) is 97.5 cm³/mol. The molecule has 2 amide bonds. The molecule has 1 aromatic heterocycles. The lowest BCUT2D eigenvalue weighted by molar-refractivity contribution is -0.121. The van der Waals surface area contributed by atoms with Gasteiger partial charge in [-0.05, 0) is 42.0 Å². The highest BCUT2D eigenvalue weighted by Crippen LogP contribution is 2.30. The highest BCUT2D eigenvalue weighted by molar-refractivity contribution is 7.12. The van der Waals surface area contributed by atoms with Crippen LogP contribution in [-0.2, 0) is 16.1 Å². The van der Waals surface area contributed by atoms with Crippen molar-refractivity contribution in [3.63, 3.8) is 0 Å². The number of hydrogen-bond acceptors (Lipinski definition) is 4. The first-order chi connectivity index (χ1) is 12.1. The number of amides is 2. The van der Waals surface area contributed by atoms with E-state index >= 15 is 0 Å². The maximum Gasteiger partial charge on any atom is 0.227 e. The second kappa shape index (κ2) is 8.07. The van der Waals surface area contributed by atoms with Gasteiger partial charge in [-0.2, -0.15) is 0 Å². The number of nitrogens with one attached hydrogen (secondary N) is 2. The van der Waals surface area contributed by atoms with Crippen molar-refractivity contribution in [1.82, 2.24) is 5.32 Å². The van der Waals surface area contributed by atoms with Crippen LogP contribution >= 0.6 is 11.3 Å². The summed E-state index contributed by atoms with van der Waals surface area (Å²) in [4.78, 5) is 36.3. The van der Waals surface area contributed by atoms with Crippen LogP contribution in [0.25, 0.3) is 0 Å². The van der Waals surface area contributed by atoms with Crippen LogP contribution in [0.4, 0.5) is 5.69 Å². The van der Waals surface area contributed by atoms with Crippen molar-refractivity contribution < 1.29 is 14.4 Å². The number of Topliss-reactive ketones (excluding diaryl/α,β-unsaturated/α-hetero) is 1. The Morgan fingerprint density at radius 1 is 1.08 bits per heavy atom. The monoisotopic (exact) mass is 356 g/mol. The van der Waals surface area contributed by atoms with E-state index in [0.717, 1.165) is 24.1 Å². The van der Waals surface area contributed by atoms with Crippen molar-refractivity contribution in [2.45, 2.75) is 32.2 Å². The first-order valence-corrected chi connectivity index (χ1v) is 9.23. The van der Waals surface area contributed by atoms with E-state index in [9.17, 15) is 14.4 Å². The number of carbonyl (C=O) groups is 3. The maximum absolute atomic E-state index is 11.9. The Morgan fingerprint density at radius 2 is 1.92 bits per heavy atom. The average Bonchev–Trinajstić information content (AvgIpc) is 3.33. The topological polar surface area (TPSA) is 75.3 Å². The molecule has 2 aromatic rings. The quantitative estimate of drug-likeness (QED) is 0.712. The normalized spacial score (nSPS) is 13.3. The van der Waals surface area contributed by atoms with Gasteiger partial charge in [-0.1, -0.05) is 18.2 Å². The first-order valence-electron chi connectivity index (χ1n) is 8.35. The molecule has 0 spiro atoms. The Labute approximate surface area is 150 Å². The van der Waals surface area contributed by atoms with Gasteiger partial charge < -0.3 is 10.6 Å². The van der Waals surface area contributed by atoms with Crippen molar-refractivity contribution in [3.8, 4) is 0 Å². The number of anilines is 1. The number of hydrogen-bond donors (Lipinski definition) is 2. The Hall–Kier alpha value is -2.47. The fraction of sp³-hybridized carbons (Fsp3) is 0.316. The van der Waals surface area contributed by atoms with Crippen molar-refractivity contribution >= 4 is 34.6 Å². The van der Waals surface area contributed by atoms with Gasteiger partial charge in [0.25, 0.3) is 0 Å². The summed E-state index contributed by atoms with van der Waals surface area (Å²) in [5, 5.41) is 7.56. The summed E-state index contributed by atoms with van der Waals surface area (Å²) in [6.45, 7) is 0.374. The SMILES string of the molecule is O=C(CCC(=O)c1cccs1)NCc1cccc(NC(=O)C2CC2)c1. The van der Waals surface area contributed by atoms with E-state index in [-0.39, 0.29) is 36.4 Å². The van der Waals surface area contributed by atoms with Crippen LogP contribution < -0.4 is 10.6 Å². The van der Waals surface area contributed by atoms with Crippen LogP contribution in [0.1, 0.15) is 40.9 Å². The number of carbonyl (C=O) groups excluding carboxylic acids is 3. The third-order valence-corrected chi connectivity index (χ3v) is 4.92. The summed E-state index contributed by atoms with van der Waals surface area (Å²) in [5.41, 5.74) is 1.66. The summed E-state index contributed by atoms with van der Waals surface area (Å²) in [7, 11) is 0. The predicted octanol–water partition coefficient (Wildman–Crippen LogP) is 3.38. The molecule has 0 atom stereocenters. The zero-order chi connectivity index (χ0) is 17.6. The maximum atomic E-state index is 11.9. The Bertz CT molecular complexity index is 767. The first kappa shape index (κ1) is 17.4. The summed E-state index contributed by atoms with van der Waals surface area (Å²) in [5.74, 6) is 0.0600. The molecule has 5 nitrogen and oxygen atoms in total. The molecule has 1 heterocycles. The molecule has 2 N–H and O–H groups in total. The van der Waals surface area contributed by atoms with E-state index in [1.807, 2.05) is 35.7 Å². The van der Waals surface area contributed by atoms with Crippen LogP contribution in [0.5, 0.6) is 0 Å². The highest BCUT2D eigenvalue weighted by atomic mass is 32.1. The van der Waals surface area contributed by atoms with Crippen molar-refractivity contribution in [2.24, 2.45) is 5.92 Å². The molecule has 0 radical (unpaired) electrons. The Balaban J connectivity index is 1.43. The lowest BCUT2D eigenvalue weighted by Crippen LogP contribution is -2.23. The molecule has 0 unspecified atom stereocenters. The third-order valence-electron chi connectivity index (χ3n) is 4.01. The highest BCUT2D eigenvalue weighted by Gasteiger charge is 2.29. The number of ketones is 1. The van der Waals surface area contributed by atoms with E-state index in [0.29, 0.717) is 11.4 Å². The minimum absolute atomic E-state index is 0.00469. The molecule has 1 fully saturated rings. The smallest absolute Gasteiger partial charge is 0.227 e. The summed E-state index contributed by atoms with van der Waals surface area (Å²) in [6, 6.07) is 11.0. The molecule has 25 heavy (non-hydrogen) atoms. The van der Waals surface area contributed by atoms with Gasteiger partial charge in [-0.25, -0.2) is 0 Å². The van der Waals surface area contributed by atoms with Gasteiger partial charge in [-0.15, -0.1) is 11.3 Å². The molecule has 1 aromatic carbocycles. The van der Waals surface area contributed by atoms with Gasteiger partial charge in [0.15, 0.2) is 5.78 Å². The average molecular weight is 356 g/mol. The molecule has 0 aliphatic heterocycles. The zero-order valence-corrected chi connectivity index (χ0v) is 14.6. The third kappa shape index (κ3) is 5.26. The van der Waals surface area contributed by atoms with Crippen molar-refractivity contribution in [3.05, 3.63) is 52.2 Å². The molecular weight excluding hydrogens is 336 g/mol. The summed E-state index contributed by atoms with van der Waals surface area (Å²) in [6.07, 6.45) is 2.32. The molecule has 0 bridgehead atoms. The minimum atomic E-state index is -0.155. The van der Waals surface area contributed by atoms with Gasteiger partial charge in [0, 0.05) is 31.0 Å². The molecule has 1 aliphatic rings. The molecule has 3 rings (SSSR count). The van der Waals surface area contributed by atoms with Crippen LogP contribution in [-0.4, -0.2) is 17.6 Å². The van der Waals surface area contributed by atoms with Gasteiger partial charge in [0.1, 0.15) is 0 Å². The van der Waals surface area contributed by atoms with Gasteiger partial charge in [0.05, 0.1) is 4.88 Å². The van der Waals surface area contributed by atoms with E-state index in [1.165, 1.54) is 11.3 Å². The minimum Gasteiger partial charge on any atom is -0.352 e. The molecule has 6 heteroatoms. The summed E-state index contributed by atoms with van der Waals surface area (Å²) >= 11 is 1.39. The van der Waals surface area contributed by atoms with Crippen molar-refractivity contribution in [2.75, 3.05) is 5.32 Å². The summed E-state index contributed by atoms with van der Waals surface area (Å²) < 4.78 is 0. The molecule has 1 saturated carbocycles. The van der Waals surface area contributed by atoms with Gasteiger partial charge >= 0.3 is 0 Å². The lowest BCUT2D eigenvalue weighted by Gasteiger charge is -2.08. The van der Waals surface area contributed by atoms with Gasteiger partial charge in [0.2, 0.25) is 11.8 Å². The molecule has 1 aliphatic carbocycles. The van der Waals surface area contributed by atoms with Crippen LogP contribution in [0.15, 0.2) is 41.8 Å². The van der Waals surface area contributed by atoms with Crippen LogP contribution in [0.3, 0.4) is 0 Å². The van der Waals surface area contributed by atoms with E-state index in [1.54, 1.807) is 6.07 Å². The zero-order valence-electron chi connectivity index (χ0n) is 13.8. The molecule has 0 saturated heterocycles. The van der Waals surface area contributed by atoms with Crippen molar-refractivity contribution in [1.29, 1.82) is 0 Å². The Kier molecular flexibility index (Phi) is 5.60. The number of thiophene rings is 1. The number of benzene rings is 1. The van der Waals surface area contributed by atoms with Crippen LogP contribution in [0.2, 0.25) is 0 Å². The van der Waals surface area contributed by atoms with Gasteiger partial charge in [-0.3, -0.25) is 14.4 Å². The number of rotatable bonds is 8. The fourth-order valence-electron chi connectivity index (χ4n) is 2.43. The second-order valence-electron chi connectivity index (χ2n) is 6.14. The molecular formula is C19H20N2O3S. The van der Waals surface area contributed by atoms with E-state index in [4.69, 9.17) is 0 Å². The largest absolute Gasteiger partial charge is 0.352 e. The lowest BCUT2D eigenvalue weighted by atomic mass is 10.1. The Morgan fingerprint density at radius 3 is 2.64 bits per heavy atom. The fourth-order valence-corrected chi connectivity index (χ4v) is 3.12. The standard InChI is InChI=1S/C19H20N2O3S/c22-16(17-5-2-10-25-17)8-9-18(23)20-12-13-3-1-4-15(11-13)21-19(24)14-6-7-14/h1-5,10-11,14H,6-9,12H2,(H,20,23)(H,21,24).